The Morgan fingerprint density at radius 3 is 2.53 bits per heavy atom. The molecule has 19 heavy (non-hydrogen) atoms. The fraction of sp³-hybridized carbons (Fsp3) is 0.0833. The van der Waals surface area contributed by atoms with Crippen LogP contribution in [0.4, 0.5) is 5.69 Å². The second-order valence-corrected chi connectivity index (χ2v) is 5.00. The van der Waals surface area contributed by atoms with Crippen LogP contribution in [-0.4, -0.2) is 13.1 Å². The van der Waals surface area contributed by atoms with Crippen LogP contribution >= 0.6 is 31.9 Å². The van der Waals surface area contributed by atoms with Gasteiger partial charge in [-0.05, 0) is 28.1 Å². The lowest BCUT2D eigenvalue weighted by atomic mass is 10.2. The number of allylic oxidation sites excluding steroid dienone is 1. The smallest absolute Gasteiger partial charge is 0.340 e. The molecule has 0 aliphatic heterocycles. The van der Waals surface area contributed by atoms with Crippen molar-refractivity contribution >= 4 is 43.5 Å². The van der Waals surface area contributed by atoms with E-state index in [9.17, 15) is 4.79 Å². The molecule has 0 radical (unpaired) electrons. The van der Waals surface area contributed by atoms with E-state index in [0.29, 0.717) is 14.6 Å². The molecule has 0 unspecified atom stereocenters. The summed E-state index contributed by atoms with van der Waals surface area (Å²) in [6.07, 6.45) is 1.22. The summed E-state index contributed by atoms with van der Waals surface area (Å²) >= 11 is 6.56. The highest BCUT2D eigenvalue weighted by Crippen LogP contribution is 2.31. The fourth-order valence-electron chi connectivity index (χ4n) is 1.23. The normalized spacial score (nSPS) is 8.89. The van der Waals surface area contributed by atoms with Gasteiger partial charge in [-0.25, -0.2) is 4.79 Å². The van der Waals surface area contributed by atoms with Crippen molar-refractivity contribution in [3.8, 4) is 12.1 Å². The Morgan fingerprint density at radius 1 is 1.37 bits per heavy atom. The summed E-state index contributed by atoms with van der Waals surface area (Å²) in [4.78, 5) is 11.7. The number of benzene rings is 1. The number of anilines is 1. The van der Waals surface area contributed by atoms with Crippen LogP contribution in [0.3, 0.4) is 0 Å². The van der Waals surface area contributed by atoms with Crippen molar-refractivity contribution in [1.29, 1.82) is 10.5 Å². The number of hydrogen-bond acceptors (Lipinski definition) is 5. The molecule has 0 spiro atoms. The number of esters is 1. The minimum atomic E-state index is -0.534. The average molecular weight is 385 g/mol. The average Bonchev–Trinajstić information content (AvgIpc) is 2.40. The molecule has 5 nitrogen and oxygen atoms in total. The van der Waals surface area contributed by atoms with Gasteiger partial charge in [-0.15, -0.1) is 0 Å². The molecule has 1 rings (SSSR count). The van der Waals surface area contributed by atoms with Gasteiger partial charge in [0.05, 0.1) is 18.4 Å². The van der Waals surface area contributed by atoms with E-state index in [4.69, 9.17) is 10.5 Å². The van der Waals surface area contributed by atoms with E-state index in [0.717, 1.165) is 0 Å². The maximum Gasteiger partial charge on any atom is 0.340 e. The van der Waals surface area contributed by atoms with Crippen molar-refractivity contribution in [2.45, 2.75) is 0 Å². The molecular weight excluding hydrogens is 378 g/mol. The van der Waals surface area contributed by atoms with Gasteiger partial charge in [-0.2, -0.15) is 10.5 Å². The van der Waals surface area contributed by atoms with Crippen molar-refractivity contribution in [1.82, 2.24) is 0 Å². The number of hydrogen-bond donors (Lipinski definition) is 1. The van der Waals surface area contributed by atoms with E-state index in [1.807, 2.05) is 0 Å². The molecule has 96 valence electrons. The minimum absolute atomic E-state index is 0.106. The SMILES string of the molecule is COC(=O)c1cc(Br)cc(Br)c1NC=C(C#N)C#N. The molecule has 0 amide bonds. The van der Waals surface area contributed by atoms with Crippen LogP contribution in [0.1, 0.15) is 10.4 Å². The van der Waals surface area contributed by atoms with Crippen molar-refractivity contribution in [3.05, 3.63) is 38.4 Å². The van der Waals surface area contributed by atoms with Gasteiger partial charge in [0.15, 0.2) is 0 Å². The molecule has 0 atom stereocenters. The minimum Gasteiger partial charge on any atom is -0.465 e. The maximum atomic E-state index is 11.7. The predicted molar refractivity (Wildman–Crippen MR) is 76.1 cm³/mol. The lowest BCUT2D eigenvalue weighted by molar-refractivity contribution is 0.0601. The van der Waals surface area contributed by atoms with Gasteiger partial charge in [0, 0.05) is 15.1 Å². The second kappa shape index (κ2) is 6.93. The molecule has 0 saturated heterocycles. The summed E-state index contributed by atoms with van der Waals surface area (Å²) in [6, 6.07) is 6.72. The topological polar surface area (TPSA) is 85.9 Å². The predicted octanol–water partition coefficient (Wildman–Crippen LogP) is 3.34. The molecule has 0 bridgehead atoms. The molecule has 1 aromatic carbocycles. The molecule has 0 fully saturated rings. The van der Waals surface area contributed by atoms with Gasteiger partial charge in [0.25, 0.3) is 0 Å². The molecule has 0 aromatic heterocycles. The van der Waals surface area contributed by atoms with Crippen molar-refractivity contribution < 1.29 is 9.53 Å². The first-order chi connectivity index (χ1) is 9.03. The van der Waals surface area contributed by atoms with Gasteiger partial charge < -0.3 is 10.1 Å². The van der Waals surface area contributed by atoms with E-state index in [1.54, 1.807) is 24.3 Å². The third-order valence-corrected chi connectivity index (χ3v) is 3.15. The van der Waals surface area contributed by atoms with Gasteiger partial charge in [-0.3, -0.25) is 0 Å². The van der Waals surface area contributed by atoms with E-state index in [1.165, 1.54) is 13.3 Å². The van der Waals surface area contributed by atoms with E-state index < -0.39 is 5.97 Å². The highest BCUT2D eigenvalue weighted by Gasteiger charge is 2.15. The number of carbonyl (C=O) groups excluding carboxylic acids is 1. The standard InChI is InChI=1S/C12H7Br2N3O2/c1-19-12(18)9-2-8(13)3-10(14)11(9)17-6-7(4-15)5-16/h2-3,6,17H,1H3. The third-order valence-electron chi connectivity index (χ3n) is 2.06. The lowest BCUT2D eigenvalue weighted by Gasteiger charge is -2.10. The Hall–Kier alpha value is -1.83. The van der Waals surface area contributed by atoms with E-state index in [-0.39, 0.29) is 11.1 Å². The van der Waals surface area contributed by atoms with Gasteiger partial charge in [-0.1, -0.05) is 15.9 Å². The molecular formula is C12H7Br2N3O2. The Morgan fingerprint density at radius 2 is 2.00 bits per heavy atom. The summed E-state index contributed by atoms with van der Waals surface area (Å²) in [5.41, 5.74) is 0.582. The number of nitrogens with zero attached hydrogens (tertiary/aromatic N) is 2. The Labute approximate surface area is 126 Å². The van der Waals surface area contributed by atoms with Crippen molar-refractivity contribution in [2.24, 2.45) is 0 Å². The monoisotopic (exact) mass is 383 g/mol. The van der Waals surface area contributed by atoms with Crippen LogP contribution in [0.25, 0.3) is 0 Å². The van der Waals surface area contributed by atoms with Crippen molar-refractivity contribution in [3.63, 3.8) is 0 Å². The second-order valence-electron chi connectivity index (χ2n) is 3.23. The summed E-state index contributed by atoms with van der Waals surface area (Å²) in [5.74, 6) is -0.534. The first kappa shape index (κ1) is 15.2. The zero-order valence-electron chi connectivity index (χ0n) is 9.70. The number of nitriles is 2. The Bertz CT molecular complexity index is 611. The Kier molecular flexibility index (Phi) is 5.56. The van der Waals surface area contributed by atoms with Crippen LogP contribution in [0.2, 0.25) is 0 Å². The number of ether oxygens (including phenoxy) is 1. The third kappa shape index (κ3) is 3.82. The molecule has 7 heteroatoms. The number of nitrogens with one attached hydrogen (secondary N) is 1. The van der Waals surface area contributed by atoms with Crippen LogP contribution in [0, 0.1) is 22.7 Å². The lowest BCUT2D eigenvalue weighted by Crippen LogP contribution is -2.06. The van der Waals surface area contributed by atoms with E-state index in [2.05, 4.69) is 41.9 Å². The summed E-state index contributed by atoms with van der Waals surface area (Å²) in [5, 5.41) is 20.1. The van der Waals surface area contributed by atoms with Gasteiger partial charge in [0.1, 0.15) is 17.7 Å². The van der Waals surface area contributed by atoms with Crippen molar-refractivity contribution in [2.75, 3.05) is 12.4 Å². The summed E-state index contributed by atoms with van der Waals surface area (Å²) in [7, 11) is 1.27. The summed E-state index contributed by atoms with van der Waals surface area (Å²) in [6.45, 7) is 0. The molecule has 0 saturated carbocycles. The van der Waals surface area contributed by atoms with Crippen LogP contribution < -0.4 is 5.32 Å². The number of carbonyl (C=O) groups is 1. The molecule has 0 heterocycles. The zero-order valence-corrected chi connectivity index (χ0v) is 12.9. The van der Waals surface area contributed by atoms with Gasteiger partial charge in [0.2, 0.25) is 0 Å². The van der Waals surface area contributed by atoms with Crippen LogP contribution in [-0.2, 0) is 4.74 Å². The number of rotatable bonds is 3. The number of methoxy groups -OCH3 is 1. The molecule has 0 aliphatic rings. The van der Waals surface area contributed by atoms with Gasteiger partial charge >= 0.3 is 5.97 Å². The van der Waals surface area contributed by atoms with Crippen LogP contribution in [0.15, 0.2) is 32.9 Å². The Balaban J connectivity index is 3.28. The number of halogens is 2. The van der Waals surface area contributed by atoms with Crippen LogP contribution in [0.5, 0.6) is 0 Å². The molecule has 1 aromatic rings. The summed E-state index contributed by atoms with van der Waals surface area (Å²) < 4.78 is 5.96. The molecule has 1 N–H and O–H groups in total. The quantitative estimate of drug-likeness (QED) is 0.637. The largest absolute Gasteiger partial charge is 0.465 e. The van der Waals surface area contributed by atoms with E-state index >= 15 is 0 Å². The molecule has 0 aliphatic carbocycles. The first-order valence-corrected chi connectivity index (χ1v) is 6.46. The zero-order chi connectivity index (χ0) is 14.4. The highest BCUT2D eigenvalue weighted by molar-refractivity contribution is 9.11. The fourth-order valence-corrected chi connectivity index (χ4v) is 2.56. The highest BCUT2D eigenvalue weighted by atomic mass is 79.9. The maximum absolute atomic E-state index is 11.7. The first-order valence-electron chi connectivity index (χ1n) is 4.87.